The van der Waals surface area contributed by atoms with Crippen LogP contribution in [0.4, 0.5) is 5.69 Å². The number of benzene rings is 4. The molecular formula is C33H27Cl2N3O5S. The van der Waals surface area contributed by atoms with Crippen molar-refractivity contribution in [2.75, 3.05) is 18.1 Å². The van der Waals surface area contributed by atoms with Gasteiger partial charge >= 0.3 is 5.97 Å². The lowest BCUT2D eigenvalue weighted by molar-refractivity contribution is 0.0697. The van der Waals surface area contributed by atoms with Crippen LogP contribution >= 0.6 is 23.2 Å². The van der Waals surface area contributed by atoms with Crippen molar-refractivity contribution in [2.24, 2.45) is 0 Å². The smallest absolute Gasteiger partial charge is 0.335 e. The predicted molar refractivity (Wildman–Crippen MR) is 176 cm³/mol. The number of aromatic carboxylic acids is 1. The molecule has 0 saturated carbocycles. The van der Waals surface area contributed by atoms with Gasteiger partial charge in [-0.25, -0.2) is 18.2 Å². The second kappa shape index (κ2) is 13.0. The van der Waals surface area contributed by atoms with E-state index in [4.69, 9.17) is 32.9 Å². The first kappa shape index (κ1) is 30.9. The monoisotopic (exact) mass is 647 g/mol. The second-order valence-corrected chi connectivity index (χ2v) is 12.6. The number of hydrogen-bond donors (Lipinski definition) is 2. The Labute approximate surface area is 265 Å². The fraction of sp³-hybridized carbons (Fsp3) is 0.0909. The Hall–Kier alpha value is -4.57. The van der Waals surface area contributed by atoms with Crippen LogP contribution in [0, 0.1) is 0 Å². The molecule has 0 radical (unpaired) electrons. The summed E-state index contributed by atoms with van der Waals surface area (Å²) < 4.78 is 33.2. The van der Waals surface area contributed by atoms with E-state index in [-0.39, 0.29) is 5.56 Å². The lowest BCUT2D eigenvalue weighted by atomic mass is 10.0. The van der Waals surface area contributed by atoms with Gasteiger partial charge in [-0.05, 0) is 70.8 Å². The summed E-state index contributed by atoms with van der Waals surface area (Å²) in [6.45, 7) is 0.461. The summed E-state index contributed by atoms with van der Waals surface area (Å²) in [6, 6.07) is 25.1. The lowest BCUT2D eigenvalue weighted by Crippen LogP contribution is -2.10. The van der Waals surface area contributed by atoms with Gasteiger partial charge in [0.2, 0.25) is 10.0 Å². The van der Waals surface area contributed by atoms with E-state index >= 15 is 0 Å². The van der Waals surface area contributed by atoms with Gasteiger partial charge in [-0.3, -0.25) is 4.72 Å². The topological polar surface area (TPSA) is 111 Å². The van der Waals surface area contributed by atoms with Crippen LogP contribution in [0.5, 0.6) is 5.75 Å². The Morgan fingerprint density at radius 3 is 2.30 bits per heavy atom. The Balaban J connectivity index is 1.42. The highest BCUT2D eigenvalue weighted by atomic mass is 35.5. The molecule has 0 aliphatic heterocycles. The summed E-state index contributed by atoms with van der Waals surface area (Å²) in [5.41, 5.74) is 5.63. The maximum atomic E-state index is 11.7. The number of carbonyl (C=O) groups is 1. The number of halogens is 2. The molecule has 1 aromatic heterocycles. The molecule has 4 aromatic carbocycles. The van der Waals surface area contributed by atoms with Crippen molar-refractivity contribution in [1.29, 1.82) is 0 Å². The molecule has 0 aliphatic carbocycles. The van der Waals surface area contributed by atoms with Gasteiger partial charge in [-0.15, -0.1) is 0 Å². The van der Waals surface area contributed by atoms with Crippen molar-refractivity contribution in [3.05, 3.63) is 124 Å². The van der Waals surface area contributed by atoms with Crippen LogP contribution in [0.3, 0.4) is 0 Å². The van der Waals surface area contributed by atoms with Crippen LogP contribution in [0.15, 0.2) is 91.1 Å². The van der Waals surface area contributed by atoms with Crippen molar-refractivity contribution in [1.82, 2.24) is 9.55 Å². The average molecular weight is 649 g/mol. The molecule has 5 aromatic rings. The molecule has 224 valence electrons. The Kier molecular flexibility index (Phi) is 9.10. The number of ether oxygens (including phenoxy) is 1. The van der Waals surface area contributed by atoms with Crippen LogP contribution in [-0.4, -0.2) is 42.4 Å². The standard InChI is InChI=1S/C33H27Cl2N3O5S/c1-43-31-17-25(12-15-29(31)37-44(2,41)42)23-8-3-21(4-9-23)7-16-32-36-30(27-14-13-26(34)18-28(27)35)20-38(32)19-22-5-10-24(11-6-22)33(39)40/h3-18,20,37H,19H2,1-2H3,(H,39,40). The second-order valence-electron chi connectivity index (χ2n) is 9.98. The average Bonchev–Trinajstić information content (AvgIpc) is 3.38. The van der Waals surface area contributed by atoms with Gasteiger partial charge in [0, 0.05) is 23.3 Å². The van der Waals surface area contributed by atoms with Gasteiger partial charge in [0.05, 0.1) is 35.3 Å². The fourth-order valence-electron chi connectivity index (χ4n) is 4.58. The van der Waals surface area contributed by atoms with Gasteiger partial charge in [0.25, 0.3) is 0 Å². The first-order valence-corrected chi connectivity index (χ1v) is 15.9. The Morgan fingerprint density at radius 1 is 0.955 bits per heavy atom. The molecule has 0 atom stereocenters. The highest BCUT2D eigenvalue weighted by Gasteiger charge is 2.13. The van der Waals surface area contributed by atoms with Crippen LogP contribution < -0.4 is 9.46 Å². The molecular weight excluding hydrogens is 621 g/mol. The van der Waals surface area contributed by atoms with Crippen LogP contribution in [0.25, 0.3) is 34.5 Å². The quantitative estimate of drug-likeness (QED) is 0.160. The molecule has 0 aliphatic rings. The van der Waals surface area contributed by atoms with E-state index in [0.29, 0.717) is 39.5 Å². The minimum absolute atomic E-state index is 0.219. The summed E-state index contributed by atoms with van der Waals surface area (Å²) in [7, 11) is -1.96. The molecule has 11 heteroatoms. The lowest BCUT2D eigenvalue weighted by Gasteiger charge is -2.12. The van der Waals surface area contributed by atoms with Crippen molar-refractivity contribution in [2.45, 2.75) is 6.54 Å². The molecule has 44 heavy (non-hydrogen) atoms. The molecule has 8 nitrogen and oxygen atoms in total. The van der Waals surface area contributed by atoms with Crippen molar-refractivity contribution >= 4 is 57.0 Å². The van der Waals surface area contributed by atoms with E-state index in [1.54, 1.807) is 48.5 Å². The third kappa shape index (κ3) is 7.49. The number of carboxylic acid groups (broad SMARTS) is 1. The number of imidazole rings is 1. The third-order valence-electron chi connectivity index (χ3n) is 6.73. The molecule has 2 N–H and O–H groups in total. The summed E-state index contributed by atoms with van der Waals surface area (Å²) in [4.78, 5) is 16.1. The first-order valence-electron chi connectivity index (χ1n) is 13.3. The number of anilines is 1. The minimum atomic E-state index is -3.44. The van der Waals surface area contributed by atoms with E-state index in [1.807, 2.05) is 59.3 Å². The molecule has 5 rings (SSSR count). The Morgan fingerprint density at radius 2 is 1.66 bits per heavy atom. The largest absolute Gasteiger partial charge is 0.495 e. The number of hydrogen-bond acceptors (Lipinski definition) is 5. The van der Waals surface area contributed by atoms with Crippen LogP contribution in [-0.2, 0) is 16.6 Å². The van der Waals surface area contributed by atoms with E-state index in [2.05, 4.69) is 4.72 Å². The highest BCUT2D eigenvalue weighted by molar-refractivity contribution is 7.92. The maximum absolute atomic E-state index is 11.7. The van der Waals surface area contributed by atoms with E-state index in [1.165, 1.54) is 7.11 Å². The van der Waals surface area contributed by atoms with Crippen molar-refractivity contribution < 1.29 is 23.1 Å². The van der Waals surface area contributed by atoms with E-state index in [0.717, 1.165) is 34.1 Å². The maximum Gasteiger partial charge on any atom is 0.335 e. The molecule has 0 amide bonds. The van der Waals surface area contributed by atoms with Crippen molar-refractivity contribution in [3.8, 4) is 28.1 Å². The molecule has 0 bridgehead atoms. The van der Waals surface area contributed by atoms with Gasteiger partial charge in [0.1, 0.15) is 11.6 Å². The molecule has 0 spiro atoms. The summed E-state index contributed by atoms with van der Waals surface area (Å²) in [6.07, 6.45) is 6.84. The zero-order valence-corrected chi connectivity index (χ0v) is 26.0. The van der Waals surface area contributed by atoms with E-state index < -0.39 is 16.0 Å². The molecule has 0 unspecified atom stereocenters. The van der Waals surface area contributed by atoms with Gasteiger partial charge in [-0.2, -0.15) is 0 Å². The van der Waals surface area contributed by atoms with Gasteiger partial charge < -0.3 is 14.4 Å². The zero-order chi connectivity index (χ0) is 31.4. The van der Waals surface area contributed by atoms with Crippen LogP contribution in [0.1, 0.15) is 27.3 Å². The number of nitrogens with zero attached hydrogens (tertiary/aromatic N) is 2. The summed E-state index contributed by atoms with van der Waals surface area (Å²) in [5, 5.41) is 10.3. The first-order chi connectivity index (χ1) is 21.0. The van der Waals surface area contributed by atoms with E-state index in [9.17, 15) is 18.3 Å². The molecule has 0 fully saturated rings. The SMILES string of the molecule is COc1cc(-c2ccc(C=Cc3nc(-c4ccc(Cl)cc4Cl)cn3Cc3ccc(C(=O)O)cc3)cc2)ccc1NS(C)(=O)=O. The molecule has 0 saturated heterocycles. The zero-order valence-electron chi connectivity index (χ0n) is 23.7. The number of nitrogens with one attached hydrogen (secondary N) is 1. The van der Waals surface area contributed by atoms with Gasteiger partial charge in [0.15, 0.2) is 0 Å². The Bertz CT molecular complexity index is 1970. The number of sulfonamides is 1. The highest BCUT2D eigenvalue weighted by Crippen LogP contribution is 2.32. The number of methoxy groups -OCH3 is 1. The van der Waals surface area contributed by atoms with Crippen molar-refractivity contribution in [3.63, 3.8) is 0 Å². The minimum Gasteiger partial charge on any atom is -0.495 e. The predicted octanol–water partition coefficient (Wildman–Crippen LogP) is 7.82. The van der Waals surface area contributed by atoms with Crippen LogP contribution in [0.2, 0.25) is 10.0 Å². The molecule has 1 heterocycles. The number of rotatable bonds is 10. The summed E-state index contributed by atoms with van der Waals surface area (Å²) in [5.74, 6) is 0.114. The number of aromatic nitrogens is 2. The number of carboxylic acids is 1. The van der Waals surface area contributed by atoms with Gasteiger partial charge in [-0.1, -0.05) is 71.7 Å². The summed E-state index contributed by atoms with van der Waals surface area (Å²) >= 11 is 12.6. The normalized spacial score (nSPS) is 11.5. The fourth-order valence-corrected chi connectivity index (χ4v) is 5.65. The third-order valence-corrected chi connectivity index (χ3v) is 7.87.